The Bertz CT molecular complexity index is 1050. The molecule has 0 spiro atoms. The van der Waals surface area contributed by atoms with Crippen molar-refractivity contribution in [2.24, 2.45) is 0 Å². The normalized spacial score (nSPS) is 14.9. The van der Waals surface area contributed by atoms with E-state index < -0.39 is 0 Å². The van der Waals surface area contributed by atoms with Gasteiger partial charge < -0.3 is 4.74 Å². The van der Waals surface area contributed by atoms with E-state index in [4.69, 9.17) is 21.3 Å². The summed E-state index contributed by atoms with van der Waals surface area (Å²) < 4.78 is 6.45. The van der Waals surface area contributed by atoms with Crippen LogP contribution in [0.3, 0.4) is 0 Å². The third-order valence-electron chi connectivity index (χ3n) is 5.18. The Kier molecular flexibility index (Phi) is 6.95. The Balaban J connectivity index is 1.67. The summed E-state index contributed by atoms with van der Waals surface area (Å²) >= 11 is 9.39. The van der Waals surface area contributed by atoms with Gasteiger partial charge in [0.05, 0.1) is 23.4 Å². The predicted molar refractivity (Wildman–Crippen MR) is 127 cm³/mol. The molecule has 2 aromatic carbocycles. The minimum atomic E-state index is -0.0260. The van der Waals surface area contributed by atoms with Crippen molar-refractivity contribution in [3.8, 4) is 0 Å². The van der Waals surface area contributed by atoms with Crippen molar-refractivity contribution in [1.82, 2.24) is 9.88 Å². The molecule has 1 fully saturated rings. The second kappa shape index (κ2) is 9.66. The van der Waals surface area contributed by atoms with Gasteiger partial charge in [-0.05, 0) is 49.1 Å². The number of anilines is 1. The van der Waals surface area contributed by atoms with Gasteiger partial charge in [0, 0.05) is 41.7 Å². The Labute approximate surface area is 190 Å². The van der Waals surface area contributed by atoms with Crippen LogP contribution in [0.15, 0.2) is 41.3 Å². The number of benzene rings is 2. The molecule has 1 aromatic heterocycles. The quantitative estimate of drug-likeness (QED) is 0.485. The number of thioether (sulfide) groups is 1. The van der Waals surface area contributed by atoms with E-state index in [0.29, 0.717) is 22.3 Å². The molecule has 1 aliphatic rings. The lowest BCUT2D eigenvalue weighted by atomic mass is 10.2. The molecule has 0 N–H and O–H groups in total. The van der Waals surface area contributed by atoms with Gasteiger partial charge in [0.25, 0.3) is 5.91 Å². The van der Waals surface area contributed by atoms with Crippen molar-refractivity contribution in [1.29, 1.82) is 0 Å². The van der Waals surface area contributed by atoms with Gasteiger partial charge in [0.15, 0.2) is 5.13 Å². The summed E-state index contributed by atoms with van der Waals surface area (Å²) in [5.74, 6) is -0.0260. The van der Waals surface area contributed by atoms with Crippen LogP contribution >= 0.6 is 34.7 Å². The van der Waals surface area contributed by atoms with E-state index in [0.717, 1.165) is 53.5 Å². The molecule has 5 nitrogen and oxygen atoms in total. The van der Waals surface area contributed by atoms with Crippen molar-refractivity contribution in [2.45, 2.75) is 11.8 Å². The zero-order valence-corrected chi connectivity index (χ0v) is 19.4. The maximum absolute atomic E-state index is 13.5. The number of hydrogen-bond acceptors (Lipinski definition) is 6. The highest BCUT2D eigenvalue weighted by Gasteiger charge is 2.23. The Morgan fingerprint density at radius 2 is 2.10 bits per heavy atom. The number of nitrogens with zero attached hydrogens (tertiary/aromatic N) is 3. The average Bonchev–Trinajstić information content (AvgIpc) is 3.18. The topological polar surface area (TPSA) is 45.7 Å². The van der Waals surface area contributed by atoms with Crippen LogP contribution in [0.1, 0.15) is 15.9 Å². The Morgan fingerprint density at radius 1 is 1.30 bits per heavy atom. The number of amides is 1. The number of ether oxygens (including phenoxy) is 1. The van der Waals surface area contributed by atoms with Gasteiger partial charge in [0.1, 0.15) is 0 Å². The lowest BCUT2D eigenvalue weighted by molar-refractivity contribution is 0.0391. The zero-order chi connectivity index (χ0) is 21.1. The molecule has 0 atom stereocenters. The number of hydrogen-bond donors (Lipinski definition) is 0. The molecule has 1 amide bonds. The van der Waals surface area contributed by atoms with Gasteiger partial charge in [-0.2, -0.15) is 0 Å². The average molecular weight is 462 g/mol. The van der Waals surface area contributed by atoms with Crippen molar-refractivity contribution in [2.75, 3.05) is 50.5 Å². The van der Waals surface area contributed by atoms with Crippen LogP contribution in [0.5, 0.6) is 0 Å². The molecule has 158 valence electrons. The van der Waals surface area contributed by atoms with E-state index in [-0.39, 0.29) is 5.91 Å². The molecule has 0 radical (unpaired) electrons. The summed E-state index contributed by atoms with van der Waals surface area (Å²) in [4.78, 5) is 23.6. The molecular weight excluding hydrogens is 438 g/mol. The van der Waals surface area contributed by atoms with Crippen LogP contribution in [0, 0.1) is 6.92 Å². The molecule has 3 aromatic rings. The summed E-state index contributed by atoms with van der Waals surface area (Å²) in [7, 11) is 0. The number of rotatable bonds is 6. The summed E-state index contributed by atoms with van der Waals surface area (Å²) in [5, 5.41) is 1.40. The zero-order valence-electron chi connectivity index (χ0n) is 17.1. The summed E-state index contributed by atoms with van der Waals surface area (Å²) in [5.41, 5.74) is 2.60. The number of thiazole rings is 1. The van der Waals surface area contributed by atoms with Crippen LogP contribution in [0.25, 0.3) is 10.2 Å². The van der Waals surface area contributed by atoms with Gasteiger partial charge in [-0.3, -0.25) is 14.6 Å². The van der Waals surface area contributed by atoms with E-state index >= 15 is 0 Å². The van der Waals surface area contributed by atoms with Gasteiger partial charge in [0.2, 0.25) is 0 Å². The summed E-state index contributed by atoms with van der Waals surface area (Å²) in [6.45, 7) is 6.61. The molecular formula is C22H24ClN3O2S2. The minimum Gasteiger partial charge on any atom is -0.379 e. The van der Waals surface area contributed by atoms with Crippen LogP contribution in [-0.4, -0.2) is 61.4 Å². The van der Waals surface area contributed by atoms with E-state index in [9.17, 15) is 4.79 Å². The highest BCUT2D eigenvalue weighted by molar-refractivity contribution is 7.98. The molecule has 30 heavy (non-hydrogen) atoms. The first kappa shape index (κ1) is 21.6. The lowest BCUT2D eigenvalue weighted by Crippen LogP contribution is -2.43. The smallest absolute Gasteiger partial charge is 0.260 e. The standard InChI is InChI=1S/C22H24ClN3O2S2/c1-15-12-17(23)14-19-20(15)24-22(30-19)26(7-6-25-8-10-28-11-9-25)21(27)16-4-3-5-18(13-16)29-2/h3-5,12-14H,6-11H2,1-2H3. The van der Waals surface area contributed by atoms with E-state index in [1.54, 1.807) is 11.8 Å². The molecule has 2 heterocycles. The first-order valence-electron chi connectivity index (χ1n) is 9.88. The lowest BCUT2D eigenvalue weighted by Gasteiger charge is -2.29. The van der Waals surface area contributed by atoms with Crippen molar-refractivity contribution >= 4 is 56.0 Å². The van der Waals surface area contributed by atoms with Gasteiger partial charge in [-0.15, -0.1) is 11.8 Å². The van der Waals surface area contributed by atoms with Crippen LogP contribution in [0.2, 0.25) is 5.02 Å². The first-order valence-corrected chi connectivity index (χ1v) is 12.3. The van der Waals surface area contributed by atoms with Crippen LogP contribution in [-0.2, 0) is 4.74 Å². The number of carbonyl (C=O) groups excluding carboxylic acids is 1. The molecule has 0 saturated carbocycles. The molecule has 4 rings (SSSR count). The van der Waals surface area contributed by atoms with Crippen LogP contribution < -0.4 is 4.90 Å². The van der Waals surface area contributed by atoms with E-state index in [1.807, 2.05) is 54.5 Å². The SMILES string of the molecule is CSc1cccc(C(=O)N(CCN2CCOCC2)c2nc3c(C)cc(Cl)cc3s2)c1. The van der Waals surface area contributed by atoms with Crippen molar-refractivity contribution in [3.63, 3.8) is 0 Å². The van der Waals surface area contributed by atoms with Crippen LogP contribution in [0.4, 0.5) is 5.13 Å². The molecule has 0 aliphatic carbocycles. The molecule has 1 aliphatic heterocycles. The number of fused-ring (bicyclic) bond motifs is 1. The maximum Gasteiger partial charge on any atom is 0.260 e. The number of morpholine rings is 1. The molecule has 0 bridgehead atoms. The third kappa shape index (κ3) is 4.81. The fourth-order valence-electron chi connectivity index (χ4n) is 3.52. The highest BCUT2D eigenvalue weighted by Crippen LogP contribution is 2.33. The number of aromatic nitrogens is 1. The maximum atomic E-state index is 13.5. The first-order chi connectivity index (χ1) is 14.5. The second-order valence-electron chi connectivity index (χ2n) is 7.21. The number of carbonyl (C=O) groups is 1. The molecule has 0 unspecified atom stereocenters. The monoisotopic (exact) mass is 461 g/mol. The van der Waals surface area contributed by atoms with Gasteiger partial charge >= 0.3 is 0 Å². The van der Waals surface area contributed by atoms with Gasteiger partial charge in [-0.25, -0.2) is 4.98 Å². The van der Waals surface area contributed by atoms with Crippen molar-refractivity contribution in [3.05, 3.63) is 52.5 Å². The van der Waals surface area contributed by atoms with Gasteiger partial charge in [-0.1, -0.05) is 29.0 Å². The number of halogens is 1. The fourth-order valence-corrected chi connectivity index (χ4v) is 5.42. The Morgan fingerprint density at radius 3 is 2.87 bits per heavy atom. The second-order valence-corrected chi connectivity index (χ2v) is 9.53. The summed E-state index contributed by atoms with van der Waals surface area (Å²) in [6.07, 6.45) is 2.01. The fraction of sp³-hybridized carbons (Fsp3) is 0.364. The third-order valence-corrected chi connectivity index (χ3v) is 7.14. The predicted octanol–water partition coefficient (Wildman–Crippen LogP) is 4.96. The summed E-state index contributed by atoms with van der Waals surface area (Å²) in [6, 6.07) is 11.6. The number of aryl methyl sites for hydroxylation is 1. The highest BCUT2D eigenvalue weighted by atomic mass is 35.5. The van der Waals surface area contributed by atoms with Crippen molar-refractivity contribution < 1.29 is 9.53 Å². The van der Waals surface area contributed by atoms with E-state index in [1.165, 1.54) is 11.3 Å². The Hall–Kier alpha value is -1.64. The molecule has 1 saturated heterocycles. The van der Waals surface area contributed by atoms with E-state index in [2.05, 4.69) is 4.90 Å². The molecule has 8 heteroatoms. The minimum absolute atomic E-state index is 0.0260. The largest absolute Gasteiger partial charge is 0.379 e.